The van der Waals surface area contributed by atoms with E-state index in [2.05, 4.69) is 4.98 Å². The van der Waals surface area contributed by atoms with E-state index in [1.165, 1.54) is 11.9 Å². The van der Waals surface area contributed by atoms with Crippen molar-refractivity contribution in [3.05, 3.63) is 30.1 Å². The van der Waals surface area contributed by atoms with Crippen LogP contribution in [0.25, 0.3) is 0 Å². The van der Waals surface area contributed by atoms with E-state index < -0.39 is 0 Å². The molecule has 0 radical (unpaired) electrons. The van der Waals surface area contributed by atoms with Crippen molar-refractivity contribution in [2.75, 3.05) is 13.8 Å². The monoisotopic (exact) mass is 166 g/mol. The van der Waals surface area contributed by atoms with E-state index in [9.17, 15) is 4.79 Å². The Labute approximate surface area is 70.5 Å². The summed E-state index contributed by atoms with van der Waals surface area (Å²) in [6.45, 7) is -0.296. The number of aliphatic hydroxyl groups excluding tert-OH is 1. The van der Waals surface area contributed by atoms with Gasteiger partial charge in [-0.05, 0) is 12.1 Å². The molecule has 0 aliphatic carbocycles. The van der Waals surface area contributed by atoms with Gasteiger partial charge in [0.1, 0.15) is 12.4 Å². The van der Waals surface area contributed by atoms with Gasteiger partial charge in [0.15, 0.2) is 0 Å². The van der Waals surface area contributed by atoms with Crippen LogP contribution in [0.15, 0.2) is 24.4 Å². The molecule has 1 aromatic rings. The predicted molar refractivity (Wildman–Crippen MR) is 43.4 cm³/mol. The molecule has 0 atom stereocenters. The Balaban J connectivity index is 2.79. The molecular weight excluding hydrogens is 156 g/mol. The molecule has 1 N–H and O–H groups in total. The number of pyridine rings is 1. The van der Waals surface area contributed by atoms with E-state index in [1.54, 1.807) is 24.4 Å². The number of carbonyl (C=O) groups excluding carboxylic acids is 1. The number of carbonyl (C=O) groups is 1. The molecule has 0 bridgehead atoms. The maximum absolute atomic E-state index is 11.3. The molecule has 0 unspecified atom stereocenters. The van der Waals surface area contributed by atoms with Gasteiger partial charge in [0.2, 0.25) is 0 Å². The quantitative estimate of drug-likeness (QED) is 0.634. The summed E-state index contributed by atoms with van der Waals surface area (Å²) in [5, 5.41) is 8.64. The Morgan fingerprint density at radius 3 is 2.92 bits per heavy atom. The fourth-order valence-electron chi connectivity index (χ4n) is 0.749. The molecule has 0 saturated heterocycles. The Hall–Kier alpha value is -1.42. The summed E-state index contributed by atoms with van der Waals surface area (Å²) in [6, 6.07) is 5.07. The third-order valence-corrected chi connectivity index (χ3v) is 1.44. The van der Waals surface area contributed by atoms with Crippen molar-refractivity contribution in [2.45, 2.75) is 0 Å². The molecule has 4 heteroatoms. The SMILES string of the molecule is CN(CO)C(=O)c1ccccn1. The van der Waals surface area contributed by atoms with Crippen molar-refractivity contribution in [1.29, 1.82) is 0 Å². The molecule has 1 amide bonds. The topological polar surface area (TPSA) is 53.4 Å². The minimum absolute atomic E-state index is 0.280. The van der Waals surface area contributed by atoms with Gasteiger partial charge in [0, 0.05) is 13.2 Å². The van der Waals surface area contributed by atoms with E-state index in [0.717, 1.165) is 0 Å². The predicted octanol–water partition coefficient (Wildman–Crippen LogP) is 0.103. The molecule has 0 aromatic carbocycles. The summed E-state index contributed by atoms with van der Waals surface area (Å²) < 4.78 is 0. The van der Waals surface area contributed by atoms with Gasteiger partial charge in [-0.3, -0.25) is 9.78 Å². The number of nitrogens with zero attached hydrogens (tertiary/aromatic N) is 2. The van der Waals surface area contributed by atoms with Crippen LogP contribution in [0.2, 0.25) is 0 Å². The van der Waals surface area contributed by atoms with Gasteiger partial charge in [-0.1, -0.05) is 6.07 Å². The molecule has 64 valence electrons. The average Bonchev–Trinajstić information content (AvgIpc) is 2.17. The van der Waals surface area contributed by atoms with Crippen molar-refractivity contribution >= 4 is 5.91 Å². The molecular formula is C8H10N2O2. The highest BCUT2D eigenvalue weighted by molar-refractivity contribution is 5.91. The van der Waals surface area contributed by atoms with Crippen LogP contribution < -0.4 is 0 Å². The van der Waals surface area contributed by atoms with Crippen LogP contribution in [-0.2, 0) is 0 Å². The van der Waals surface area contributed by atoms with Crippen LogP contribution in [0.1, 0.15) is 10.5 Å². The lowest BCUT2D eigenvalue weighted by molar-refractivity contribution is 0.0624. The van der Waals surface area contributed by atoms with Gasteiger partial charge in [0.05, 0.1) is 0 Å². The fourth-order valence-corrected chi connectivity index (χ4v) is 0.749. The van der Waals surface area contributed by atoms with Gasteiger partial charge >= 0.3 is 0 Å². The summed E-state index contributed by atoms with van der Waals surface area (Å²) in [5.74, 6) is -0.280. The highest BCUT2D eigenvalue weighted by Crippen LogP contribution is 1.97. The first kappa shape index (κ1) is 8.67. The van der Waals surface area contributed by atoms with Gasteiger partial charge in [-0.2, -0.15) is 0 Å². The van der Waals surface area contributed by atoms with E-state index in [4.69, 9.17) is 5.11 Å². The van der Waals surface area contributed by atoms with E-state index >= 15 is 0 Å². The Morgan fingerprint density at radius 2 is 2.42 bits per heavy atom. The first-order valence-corrected chi connectivity index (χ1v) is 3.53. The first-order valence-electron chi connectivity index (χ1n) is 3.53. The largest absolute Gasteiger partial charge is 0.376 e. The minimum atomic E-state index is -0.296. The minimum Gasteiger partial charge on any atom is -0.376 e. The molecule has 4 nitrogen and oxygen atoms in total. The summed E-state index contributed by atoms with van der Waals surface area (Å²) in [7, 11) is 1.51. The van der Waals surface area contributed by atoms with Crippen molar-refractivity contribution in [3.8, 4) is 0 Å². The number of aliphatic hydroxyl groups is 1. The van der Waals surface area contributed by atoms with E-state index in [0.29, 0.717) is 5.69 Å². The smallest absolute Gasteiger partial charge is 0.273 e. The Bertz CT molecular complexity index is 261. The zero-order valence-corrected chi connectivity index (χ0v) is 6.77. The third-order valence-electron chi connectivity index (χ3n) is 1.44. The number of rotatable bonds is 2. The lowest BCUT2D eigenvalue weighted by atomic mass is 10.3. The molecule has 0 aliphatic rings. The van der Waals surface area contributed by atoms with Crippen molar-refractivity contribution < 1.29 is 9.90 Å². The van der Waals surface area contributed by atoms with E-state index in [-0.39, 0.29) is 12.6 Å². The third kappa shape index (κ3) is 1.79. The Kier molecular flexibility index (Phi) is 2.76. The molecule has 12 heavy (non-hydrogen) atoms. The molecule has 0 spiro atoms. The summed E-state index contributed by atoms with van der Waals surface area (Å²) in [6.07, 6.45) is 1.54. The average molecular weight is 166 g/mol. The lowest BCUT2D eigenvalue weighted by Crippen LogP contribution is -2.28. The molecule has 0 aliphatic heterocycles. The second kappa shape index (κ2) is 3.82. The normalized spacial score (nSPS) is 9.50. The number of amides is 1. The van der Waals surface area contributed by atoms with Gasteiger partial charge in [-0.15, -0.1) is 0 Å². The standard InChI is InChI=1S/C8H10N2O2/c1-10(6-11)8(12)7-4-2-3-5-9-7/h2-5,11H,6H2,1H3. The van der Waals surface area contributed by atoms with Crippen molar-refractivity contribution in [3.63, 3.8) is 0 Å². The highest BCUT2D eigenvalue weighted by atomic mass is 16.3. The number of aromatic nitrogens is 1. The molecule has 1 rings (SSSR count). The Morgan fingerprint density at radius 1 is 1.67 bits per heavy atom. The summed E-state index contributed by atoms with van der Waals surface area (Å²) >= 11 is 0. The molecule has 0 fully saturated rings. The summed E-state index contributed by atoms with van der Waals surface area (Å²) in [5.41, 5.74) is 0.342. The fraction of sp³-hybridized carbons (Fsp3) is 0.250. The van der Waals surface area contributed by atoms with Crippen LogP contribution in [0.3, 0.4) is 0 Å². The number of hydrogen-bond donors (Lipinski definition) is 1. The van der Waals surface area contributed by atoms with Gasteiger partial charge in [0.25, 0.3) is 5.91 Å². The first-order chi connectivity index (χ1) is 5.75. The lowest BCUT2D eigenvalue weighted by Gasteiger charge is -2.11. The van der Waals surface area contributed by atoms with Gasteiger partial charge < -0.3 is 10.0 Å². The summed E-state index contributed by atoms with van der Waals surface area (Å²) in [4.78, 5) is 16.3. The number of hydrogen-bond acceptors (Lipinski definition) is 3. The molecule has 1 heterocycles. The second-order valence-electron chi connectivity index (χ2n) is 2.36. The van der Waals surface area contributed by atoms with Crippen LogP contribution >= 0.6 is 0 Å². The second-order valence-corrected chi connectivity index (χ2v) is 2.36. The van der Waals surface area contributed by atoms with E-state index in [1.807, 2.05) is 0 Å². The van der Waals surface area contributed by atoms with Crippen LogP contribution in [0.5, 0.6) is 0 Å². The van der Waals surface area contributed by atoms with Crippen molar-refractivity contribution in [1.82, 2.24) is 9.88 Å². The van der Waals surface area contributed by atoms with Crippen LogP contribution in [0.4, 0.5) is 0 Å². The molecule has 0 saturated carbocycles. The zero-order chi connectivity index (χ0) is 8.97. The maximum Gasteiger partial charge on any atom is 0.273 e. The van der Waals surface area contributed by atoms with Gasteiger partial charge in [-0.25, -0.2) is 0 Å². The van der Waals surface area contributed by atoms with Crippen LogP contribution in [0, 0.1) is 0 Å². The zero-order valence-electron chi connectivity index (χ0n) is 6.77. The highest BCUT2D eigenvalue weighted by Gasteiger charge is 2.09. The van der Waals surface area contributed by atoms with Crippen LogP contribution in [-0.4, -0.2) is 34.7 Å². The molecule has 1 aromatic heterocycles. The van der Waals surface area contributed by atoms with Crippen molar-refractivity contribution in [2.24, 2.45) is 0 Å². The maximum atomic E-state index is 11.3.